The van der Waals surface area contributed by atoms with Crippen LogP contribution in [0.15, 0.2) is 134 Å². The first-order chi connectivity index (χ1) is 42.0. The fourth-order valence-electron chi connectivity index (χ4n) is 9.39. The summed E-state index contributed by atoms with van der Waals surface area (Å²) in [5.41, 5.74) is 0. The Hall–Kier alpha value is -3.85. The van der Waals surface area contributed by atoms with Crippen LogP contribution in [0.2, 0.25) is 0 Å². The minimum atomic E-state index is -4.66. The van der Waals surface area contributed by atoms with E-state index in [4.69, 9.17) is 18.5 Å². The van der Waals surface area contributed by atoms with Crippen LogP contribution < -0.4 is 4.89 Å². The van der Waals surface area contributed by atoms with E-state index in [-0.39, 0.29) is 26.1 Å². The molecule has 0 saturated carbocycles. The van der Waals surface area contributed by atoms with Crippen LogP contribution >= 0.6 is 7.82 Å². The van der Waals surface area contributed by atoms with Crippen molar-refractivity contribution in [3.8, 4) is 0 Å². The number of likely N-dealkylation sites (N-methyl/N-ethyl adjacent to an activating group) is 1. The zero-order valence-corrected chi connectivity index (χ0v) is 56.9. The topological polar surface area (TPSA) is 111 Å². The van der Waals surface area contributed by atoms with Crippen molar-refractivity contribution in [1.82, 2.24) is 0 Å². The molecule has 0 heterocycles. The molecular weight excluding hydrogens is 1090 g/mol. The number of unbranched alkanes of at least 4 members (excludes halogenated alkanes) is 27. The monoisotopic (exact) mass is 1220 g/mol. The molecule has 0 amide bonds. The molecule has 9 nitrogen and oxygen atoms in total. The van der Waals surface area contributed by atoms with Gasteiger partial charge in [0.1, 0.15) is 19.8 Å². The van der Waals surface area contributed by atoms with Gasteiger partial charge < -0.3 is 27.9 Å². The Morgan fingerprint density at radius 1 is 0.360 bits per heavy atom. The molecule has 492 valence electrons. The molecular formula is C76H130NO8P. The van der Waals surface area contributed by atoms with E-state index >= 15 is 0 Å². The predicted molar refractivity (Wildman–Crippen MR) is 369 cm³/mol. The van der Waals surface area contributed by atoms with E-state index in [0.29, 0.717) is 17.4 Å². The number of quaternary nitrogens is 1. The minimum Gasteiger partial charge on any atom is -0.756 e. The van der Waals surface area contributed by atoms with E-state index in [1.807, 2.05) is 21.1 Å². The summed E-state index contributed by atoms with van der Waals surface area (Å²) in [4.78, 5) is 38.0. The highest BCUT2D eigenvalue weighted by Gasteiger charge is 2.22. The maximum Gasteiger partial charge on any atom is 0.306 e. The standard InChI is InChI=1S/C76H130NO8P/c1-6-8-10-12-14-16-18-20-22-24-26-28-30-32-33-34-35-36-37-38-39-40-41-42-43-45-46-48-50-52-54-56-58-60-62-64-66-68-75(78)82-72-74(73-84-86(80,81)83-71-70-77(3,4)5)85-76(79)69-67-65-63-61-59-57-55-53-51-49-47-44-31-29-27-25-23-21-19-17-15-13-11-9-7-2/h8-11,14-17,20-23,26-29,44,47,51,53,57,59,74H,6-7,12-13,18-19,24-25,30-43,45-46,48-50,52,54-56,58,60-73H2,1-5H3/b10-8-,11-9-,16-14-,17-15-,22-20-,23-21-,28-26-,29-27-,47-44-,53-51-,59-57-. The van der Waals surface area contributed by atoms with Crippen LogP contribution in [0.25, 0.3) is 0 Å². The summed E-state index contributed by atoms with van der Waals surface area (Å²) in [6.45, 7) is 3.98. The number of ether oxygens (including phenoxy) is 2. The van der Waals surface area contributed by atoms with Gasteiger partial charge in [0.15, 0.2) is 6.10 Å². The van der Waals surface area contributed by atoms with Crippen molar-refractivity contribution in [2.45, 2.75) is 290 Å². The van der Waals surface area contributed by atoms with Gasteiger partial charge in [-0.3, -0.25) is 14.2 Å². The van der Waals surface area contributed by atoms with E-state index in [1.54, 1.807) is 0 Å². The number of carbonyl (C=O) groups excluding carboxylic acids is 2. The summed E-state index contributed by atoms with van der Waals surface area (Å²) >= 11 is 0. The second-order valence-corrected chi connectivity index (χ2v) is 25.5. The van der Waals surface area contributed by atoms with Gasteiger partial charge >= 0.3 is 11.9 Å². The van der Waals surface area contributed by atoms with Gasteiger partial charge in [0.05, 0.1) is 27.7 Å². The number of allylic oxidation sites excluding steroid dienone is 22. The third-order valence-corrected chi connectivity index (χ3v) is 15.6. The first-order valence-electron chi connectivity index (χ1n) is 34.9. The number of hydrogen-bond donors (Lipinski definition) is 0. The van der Waals surface area contributed by atoms with Crippen molar-refractivity contribution in [2.75, 3.05) is 47.5 Å². The summed E-state index contributed by atoms with van der Waals surface area (Å²) < 4.78 is 34.2. The first kappa shape index (κ1) is 82.1. The fourth-order valence-corrected chi connectivity index (χ4v) is 10.1. The summed E-state index contributed by atoms with van der Waals surface area (Å²) in [5.74, 6) is -0.870. The normalized spacial score (nSPS) is 14.0. The average molecular weight is 1220 g/mol. The third-order valence-electron chi connectivity index (χ3n) is 14.7. The van der Waals surface area contributed by atoms with Gasteiger partial charge in [0, 0.05) is 12.8 Å². The molecule has 0 aliphatic heterocycles. The number of phosphoric acid groups is 1. The lowest BCUT2D eigenvalue weighted by Crippen LogP contribution is -2.37. The molecule has 0 spiro atoms. The summed E-state index contributed by atoms with van der Waals surface area (Å²) in [7, 11) is 1.13. The molecule has 2 atom stereocenters. The zero-order valence-electron chi connectivity index (χ0n) is 56.0. The molecule has 86 heavy (non-hydrogen) atoms. The van der Waals surface area contributed by atoms with Gasteiger partial charge in [0.2, 0.25) is 0 Å². The number of rotatable bonds is 63. The average Bonchev–Trinajstić information content (AvgIpc) is 3.70. The molecule has 10 heteroatoms. The highest BCUT2D eigenvalue weighted by Crippen LogP contribution is 2.38. The number of hydrogen-bond acceptors (Lipinski definition) is 8. The van der Waals surface area contributed by atoms with Crippen LogP contribution in [0.5, 0.6) is 0 Å². The Kier molecular flexibility index (Phi) is 62.7. The number of nitrogens with zero attached hydrogens (tertiary/aromatic N) is 1. The Labute approximate surface area is 530 Å². The molecule has 0 saturated heterocycles. The van der Waals surface area contributed by atoms with Gasteiger partial charge in [-0.05, 0) is 109 Å². The van der Waals surface area contributed by atoms with E-state index in [0.717, 1.165) is 109 Å². The molecule has 0 fully saturated rings. The van der Waals surface area contributed by atoms with Crippen LogP contribution in [-0.4, -0.2) is 70.0 Å². The van der Waals surface area contributed by atoms with Crippen LogP contribution in [0.3, 0.4) is 0 Å². The molecule has 0 aromatic carbocycles. The molecule has 0 bridgehead atoms. The number of carbonyl (C=O) groups is 2. The smallest absolute Gasteiger partial charge is 0.306 e. The Morgan fingerprint density at radius 2 is 0.628 bits per heavy atom. The highest BCUT2D eigenvalue weighted by atomic mass is 31.2. The second-order valence-electron chi connectivity index (χ2n) is 24.1. The quantitative estimate of drug-likeness (QED) is 0.0195. The maximum atomic E-state index is 12.8. The molecule has 0 N–H and O–H groups in total. The van der Waals surface area contributed by atoms with Gasteiger partial charge in [0.25, 0.3) is 7.82 Å². The van der Waals surface area contributed by atoms with Gasteiger partial charge in [-0.25, -0.2) is 0 Å². The Bertz CT molecular complexity index is 1910. The first-order valence-corrected chi connectivity index (χ1v) is 36.4. The van der Waals surface area contributed by atoms with Gasteiger partial charge in [-0.15, -0.1) is 0 Å². The number of phosphoric ester groups is 1. The largest absolute Gasteiger partial charge is 0.756 e. The SMILES string of the molecule is CC/C=C\C/C=C\C/C=C\C/C=C\C/C=C\C/C=C\C/C=C\CCCCCC(=O)OC(COC(=O)CCCCCCCCCCCCCCCCCCCCCCCCCC/C=C\C/C=C\C/C=C\C/C=C\CC)COP(=O)([O-])OCC[N+](C)(C)C. The van der Waals surface area contributed by atoms with Crippen molar-refractivity contribution < 1.29 is 42.1 Å². The van der Waals surface area contributed by atoms with Gasteiger partial charge in [-0.2, -0.15) is 0 Å². The summed E-state index contributed by atoms with van der Waals surface area (Å²) in [5, 5.41) is 0. The van der Waals surface area contributed by atoms with Crippen molar-refractivity contribution >= 4 is 19.8 Å². The molecule has 0 aromatic heterocycles. The van der Waals surface area contributed by atoms with Crippen LogP contribution in [0.4, 0.5) is 0 Å². The molecule has 0 aliphatic rings. The van der Waals surface area contributed by atoms with Crippen LogP contribution in [0, 0.1) is 0 Å². The predicted octanol–water partition coefficient (Wildman–Crippen LogP) is 22.2. The Balaban J connectivity index is 4.05. The van der Waals surface area contributed by atoms with Crippen LogP contribution in [0.1, 0.15) is 284 Å². The van der Waals surface area contributed by atoms with Gasteiger partial charge in [-0.1, -0.05) is 295 Å². The zero-order chi connectivity index (χ0) is 62.6. The highest BCUT2D eigenvalue weighted by molar-refractivity contribution is 7.45. The summed E-state index contributed by atoms with van der Waals surface area (Å²) in [6, 6.07) is 0. The molecule has 0 radical (unpaired) electrons. The van der Waals surface area contributed by atoms with E-state index < -0.39 is 32.5 Å². The van der Waals surface area contributed by atoms with Crippen molar-refractivity contribution in [2.24, 2.45) is 0 Å². The van der Waals surface area contributed by atoms with Crippen molar-refractivity contribution in [3.05, 3.63) is 134 Å². The lowest BCUT2D eigenvalue weighted by molar-refractivity contribution is -0.870. The van der Waals surface area contributed by atoms with E-state index in [2.05, 4.69) is 148 Å². The molecule has 2 unspecified atom stereocenters. The van der Waals surface area contributed by atoms with E-state index in [1.165, 1.54) is 141 Å². The van der Waals surface area contributed by atoms with E-state index in [9.17, 15) is 19.0 Å². The van der Waals surface area contributed by atoms with Crippen molar-refractivity contribution in [1.29, 1.82) is 0 Å². The lowest BCUT2D eigenvalue weighted by atomic mass is 10.0. The Morgan fingerprint density at radius 3 is 0.942 bits per heavy atom. The second kappa shape index (κ2) is 65.6. The molecule has 0 aliphatic carbocycles. The third kappa shape index (κ3) is 69.3. The lowest BCUT2D eigenvalue weighted by Gasteiger charge is -2.28. The molecule has 0 aromatic rings. The summed E-state index contributed by atoms with van der Waals surface area (Å²) in [6.07, 6.45) is 95.4. The van der Waals surface area contributed by atoms with Crippen LogP contribution in [-0.2, 0) is 32.7 Å². The minimum absolute atomic E-state index is 0.0429. The number of esters is 2. The molecule has 0 rings (SSSR count). The maximum absolute atomic E-state index is 12.8. The van der Waals surface area contributed by atoms with Crippen molar-refractivity contribution in [3.63, 3.8) is 0 Å². The fraction of sp³-hybridized carbons (Fsp3) is 0.684.